The third-order valence-corrected chi connectivity index (χ3v) is 3.43. The molecule has 1 atom stereocenters. The number of pyridine rings is 1. The van der Waals surface area contributed by atoms with Crippen molar-refractivity contribution in [3.8, 4) is 0 Å². The lowest BCUT2D eigenvalue weighted by molar-refractivity contribution is 0.0741. The van der Waals surface area contributed by atoms with Crippen LogP contribution in [0.25, 0.3) is 0 Å². The lowest BCUT2D eigenvalue weighted by Crippen LogP contribution is -2.31. The zero-order chi connectivity index (χ0) is 15.4. The third kappa shape index (κ3) is 3.00. The quantitative estimate of drug-likeness (QED) is 0.669. The van der Waals surface area contributed by atoms with Crippen LogP contribution in [0.3, 0.4) is 0 Å². The molecule has 2 aromatic rings. The normalized spacial score (nSPS) is 11.8. The standard InChI is InChI=1S/C15H17FN4O/c1-10(11-6-3-4-8-13(11)16)20(2)15(21)12-7-5-9-18-14(12)19-17/h3-10H,17H2,1-2H3,(H,18,19). The van der Waals surface area contributed by atoms with Gasteiger partial charge in [-0.2, -0.15) is 0 Å². The van der Waals surface area contributed by atoms with Crippen molar-refractivity contribution in [1.29, 1.82) is 0 Å². The fourth-order valence-corrected chi connectivity index (χ4v) is 2.08. The van der Waals surface area contributed by atoms with E-state index in [9.17, 15) is 9.18 Å². The summed E-state index contributed by atoms with van der Waals surface area (Å²) >= 11 is 0. The number of aromatic nitrogens is 1. The maximum Gasteiger partial charge on any atom is 0.257 e. The highest BCUT2D eigenvalue weighted by molar-refractivity contribution is 5.98. The molecule has 5 nitrogen and oxygen atoms in total. The Bertz CT molecular complexity index is 647. The van der Waals surface area contributed by atoms with Gasteiger partial charge >= 0.3 is 0 Å². The predicted molar refractivity (Wildman–Crippen MR) is 79.0 cm³/mol. The van der Waals surface area contributed by atoms with Gasteiger partial charge in [0, 0.05) is 18.8 Å². The first kappa shape index (κ1) is 14.9. The van der Waals surface area contributed by atoms with Crippen molar-refractivity contribution in [2.24, 2.45) is 5.84 Å². The van der Waals surface area contributed by atoms with E-state index in [0.717, 1.165) is 0 Å². The number of anilines is 1. The van der Waals surface area contributed by atoms with Crippen LogP contribution in [0.1, 0.15) is 28.9 Å². The van der Waals surface area contributed by atoms with Gasteiger partial charge in [0.15, 0.2) is 5.82 Å². The summed E-state index contributed by atoms with van der Waals surface area (Å²) in [6, 6.07) is 9.25. The van der Waals surface area contributed by atoms with E-state index in [2.05, 4.69) is 10.4 Å². The molecular weight excluding hydrogens is 271 g/mol. The lowest BCUT2D eigenvalue weighted by Gasteiger charge is -2.26. The Hall–Kier alpha value is -2.47. The summed E-state index contributed by atoms with van der Waals surface area (Å²) in [6.07, 6.45) is 1.53. The number of nitrogens with one attached hydrogen (secondary N) is 1. The molecule has 3 N–H and O–H groups in total. The van der Waals surface area contributed by atoms with Gasteiger partial charge in [0.2, 0.25) is 0 Å². The molecule has 1 unspecified atom stereocenters. The van der Waals surface area contributed by atoms with Gasteiger partial charge in [-0.05, 0) is 25.1 Å². The highest BCUT2D eigenvalue weighted by Crippen LogP contribution is 2.24. The summed E-state index contributed by atoms with van der Waals surface area (Å²) in [5.41, 5.74) is 3.19. The minimum absolute atomic E-state index is 0.285. The smallest absolute Gasteiger partial charge is 0.257 e. The number of carbonyl (C=O) groups excluding carboxylic acids is 1. The number of benzene rings is 1. The van der Waals surface area contributed by atoms with Crippen LogP contribution in [-0.2, 0) is 0 Å². The second-order valence-corrected chi connectivity index (χ2v) is 4.66. The van der Waals surface area contributed by atoms with Gasteiger partial charge in [-0.15, -0.1) is 0 Å². The number of hydrogen-bond donors (Lipinski definition) is 2. The molecule has 0 saturated carbocycles. The molecule has 1 heterocycles. The molecule has 110 valence electrons. The monoisotopic (exact) mass is 288 g/mol. The van der Waals surface area contributed by atoms with Crippen molar-refractivity contribution in [2.75, 3.05) is 12.5 Å². The molecule has 0 aliphatic carbocycles. The van der Waals surface area contributed by atoms with Gasteiger partial charge in [-0.3, -0.25) is 4.79 Å². The van der Waals surface area contributed by atoms with Crippen LogP contribution in [-0.4, -0.2) is 22.8 Å². The highest BCUT2D eigenvalue weighted by atomic mass is 19.1. The third-order valence-electron chi connectivity index (χ3n) is 3.43. The molecule has 2 rings (SSSR count). The molecule has 0 aliphatic heterocycles. The zero-order valence-corrected chi connectivity index (χ0v) is 11.9. The second-order valence-electron chi connectivity index (χ2n) is 4.66. The number of rotatable bonds is 4. The van der Waals surface area contributed by atoms with Gasteiger partial charge in [0.05, 0.1) is 11.6 Å². The molecule has 0 spiro atoms. The van der Waals surface area contributed by atoms with Crippen molar-refractivity contribution in [3.05, 3.63) is 59.5 Å². The van der Waals surface area contributed by atoms with Crippen molar-refractivity contribution in [3.63, 3.8) is 0 Å². The highest BCUT2D eigenvalue weighted by Gasteiger charge is 2.23. The molecule has 0 bridgehead atoms. The van der Waals surface area contributed by atoms with E-state index in [0.29, 0.717) is 11.1 Å². The fraction of sp³-hybridized carbons (Fsp3) is 0.200. The van der Waals surface area contributed by atoms with Gasteiger partial charge in [0.25, 0.3) is 5.91 Å². The first-order valence-electron chi connectivity index (χ1n) is 6.49. The molecule has 6 heteroatoms. The number of hydrazine groups is 1. The molecule has 1 amide bonds. The predicted octanol–water partition coefficient (Wildman–Crippen LogP) is 2.34. The first-order chi connectivity index (χ1) is 10.1. The van der Waals surface area contributed by atoms with E-state index in [1.54, 1.807) is 44.3 Å². The molecular formula is C15H17FN4O. The number of carbonyl (C=O) groups is 1. The maximum absolute atomic E-state index is 13.8. The largest absolute Gasteiger partial charge is 0.335 e. The Kier molecular flexibility index (Phi) is 4.49. The van der Waals surface area contributed by atoms with E-state index in [1.165, 1.54) is 17.2 Å². The van der Waals surface area contributed by atoms with E-state index in [1.807, 2.05) is 0 Å². The lowest BCUT2D eigenvalue weighted by atomic mass is 10.1. The van der Waals surface area contributed by atoms with Crippen molar-refractivity contribution in [2.45, 2.75) is 13.0 Å². The van der Waals surface area contributed by atoms with Crippen molar-refractivity contribution >= 4 is 11.7 Å². The molecule has 0 aliphatic rings. The van der Waals surface area contributed by atoms with Gasteiger partial charge in [-0.25, -0.2) is 15.2 Å². The Balaban J connectivity index is 2.29. The summed E-state index contributed by atoms with van der Waals surface area (Å²) in [5, 5.41) is 0. The van der Waals surface area contributed by atoms with Gasteiger partial charge < -0.3 is 10.3 Å². The zero-order valence-electron chi connectivity index (χ0n) is 11.9. The number of hydrogen-bond acceptors (Lipinski definition) is 4. The number of nitrogen functional groups attached to an aromatic ring is 1. The van der Waals surface area contributed by atoms with Gasteiger partial charge in [0.1, 0.15) is 5.82 Å². The summed E-state index contributed by atoms with van der Waals surface area (Å²) in [6.45, 7) is 1.77. The van der Waals surface area contributed by atoms with Crippen LogP contribution in [0, 0.1) is 5.82 Å². The average molecular weight is 288 g/mol. The van der Waals surface area contributed by atoms with Crippen molar-refractivity contribution in [1.82, 2.24) is 9.88 Å². The number of amides is 1. The minimum atomic E-state index is -0.412. The molecule has 1 aromatic heterocycles. The topological polar surface area (TPSA) is 71.2 Å². The van der Waals surface area contributed by atoms with Crippen LogP contribution < -0.4 is 11.3 Å². The Morgan fingerprint density at radius 3 is 2.71 bits per heavy atom. The number of halogens is 1. The van der Waals surface area contributed by atoms with E-state index in [4.69, 9.17) is 5.84 Å². The van der Waals surface area contributed by atoms with Crippen LogP contribution in [0.4, 0.5) is 10.2 Å². The first-order valence-corrected chi connectivity index (χ1v) is 6.49. The average Bonchev–Trinajstić information content (AvgIpc) is 2.53. The summed E-state index contributed by atoms with van der Waals surface area (Å²) < 4.78 is 13.8. The van der Waals surface area contributed by atoms with Crippen LogP contribution in [0.15, 0.2) is 42.6 Å². The molecule has 21 heavy (non-hydrogen) atoms. The Morgan fingerprint density at radius 1 is 1.33 bits per heavy atom. The summed E-state index contributed by atoms with van der Waals surface area (Å²) in [4.78, 5) is 18.0. The molecule has 0 radical (unpaired) electrons. The second kappa shape index (κ2) is 6.32. The minimum Gasteiger partial charge on any atom is -0.335 e. The van der Waals surface area contributed by atoms with E-state index in [-0.39, 0.29) is 17.5 Å². The van der Waals surface area contributed by atoms with Crippen LogP contribution in [0.5, 0.6) is 0 Å². The Labute approximate surface area is 122 Å². The SMILES string of the molecule is CC(c1ccccc1F)N(C)C(=O)c1cccnc1NN. The summed E-state index contributed by atoms with van der Waals surface area (Å²) in [5.74, 6) is 5.02. The fourth-order valence-electron chi connectivity index (χ4n) is 2.08. The molecule has 0 saturated heterocycles. The van der Waals surface area contributed by atoms with Crippen LogP contribution >= 0.6 is 0 Å². The number of nitrogens with two attached hydrogens (primary N) is 1. The number of nitrogens with zero attached hydrogens (tertiary/aromatic N) is 2. The van der Waals surface area contributed by atoms with Gasteiger partial charge in [-0.1, -0.05) is 18.2 Å². The summed E-state index contributed by atoms with van der Waals surface area (Å²) in [7, 11) is 1.62. The van der Waals surface area contributed by atoms with Crippen LogP contribution in [0.2, 0.25) is 0 Å². The molecule has 1 aromatic carbocycles. The van der Waals surface area contributed by atoms with E-state index >= 15 is 0 Å². The maximum atomic E-state index is 13.8. The molecule has 0 fully saturated rings. The Morgan fingerprint density at radius 2 is 2.05 bits per heavy atom. The van der Waals surface area contributed by atoms with Crippen molar-refractivity contribution < 1.29 is 9.18 Å². The van der Waals surface area contributed by atoms with E-state index < -0.39 is 6.04 Å².